The van der Waals surface area contributed by atoms with Crippen molar-refractivity contribution in [2.24, 2.45) is 66.6 Å². The zero-order valence-corrected chi connectivity index (χ0v) is 20.2. The number of rotatable bonds is 15. The van der Waals surface area contributed by atoms with E-state index >= 15 is 0 Å². The lowest BCUT2D eigenvalue weighted by atomic mass is 10.2. The van der Waals surface area contributed by atoms with Crippen LogP contribution >= 0.6 is 0 Å². The number of guanidine groups is 3. The average molecular weight is 523 g/mol. The molecule has 210 valence electrons. The molecule has 0 bridgehead atoms. The van der Waals surface area contributed by atoms with E-state index in [1.807, 2.05) is 0 Å². The van der Waals surface area contributed by atoms with Gasteiger partial charge in [0, 0.05) is 19.6 Å². The van der Waals surface area contributed by atoms with E-state index in [1.165, 1.54) is 0 Å². The van der Waals surface area contributed by atoms with Crippen LogP contribution in [0.25, 0.3) is 0 Å². The molecule has 3 atom stereocenters. The Kier molecular flexibility index (Phi) is 23.3. The highest BCUT2D eigenvalue weighted by atomic mass is 16.4. The number of carbonyl (C=O) groups is 3. The first-order chi connectivity index (χ1) is 16.6. The number of nitrogens with two attached hydrogens (primary N) is 9. The van der Waals surface area contributed by atoms with E-state index in [0.29, 0.717) is 58.2 Å². The molecule has 0 saturated heterocycles. The van der Waals surface area contributed by atoms with E-state index in [1.54, 1.807) is 0 Å². The van der Waals surface area contributed by atoms with E-state index in [-0.39, 0.29) is 17.9 Å². The Morgan fingerprint density at radius 3 is 0.833 bits per heavy atom. The Morgan fingerprint density at radius 1 is 0.500 bits per heavy atom. The molecule has 0 aromatic rings. The Balaban J connectivity index is -0.000000454. The highest BCUT2D eigenvalue weighted by Gasteiger charge is 2.10. The number of carboxylic acids is 3. The molecule has 0 amide bonds. The number of hydrogen-bond acceptors (Lipinski definition) is 9. The molecule has 0 unspecified atom stereocenters. The summed E-state index contributed by atoms with van der Waals surface area (Å²) >= 11 is 0. The summed E-state index contributed by atoms with van der Waals surface area (Å²) in [7, 11) is 0. The summed E-state index contributed by atoms with van der Waals surface area (Å²) in [5, 5.41) is 25.1. The SMILES string of the molecule is NC(N)=NCCC[C@H](N)C(=O)O.NC(N)=NCCC[C@H](N)C(=O)O.NC(N)=NCCC[C@H](N)C(=O)O. The standard InChI is InChI=1S/3C6H14N4O2/c3*7-4(5(11)12)2-1-3-10-6(8)9/h3*4H,1-3,7H2,(H,11,12)(H4,8,9,10)/t3*4-/m000/s1. The van der Waals surface area contributed by atoms with Crippen LogP contribution in [0.3, 0.4) is 0 Å². The molecular weight excluding hydrogens is 480 g/mol. The van der Waals surface area contributed by atoms with Crippen LogP contribution in [0.4, 0.5) is 0 Å². The summed E-state index contributed by atoms with van der Waals surface area (Å²) in [6, 6.07) is -2.46. The number of aliphatic carboxylic acids is 3. The van der Waals surface area contributed by atoms with Crippen LogP contribution in [0.5, 0.6) is 0 Å². The topological polar surface area (TPSA) is 383 Å². The van der Waals surface area contributed by atoms with Crippen molar-refractivity contribution in [1.82, 2.24) is 0 Å². The van der Waals surface area contributed by atoms with Gasteiger partial charge in [0.25, 0.3) is 0 Å². The largest absolute Gasteiger partial charge is 0.480 e. The van der Waals surface area contributed by atoms with Crippen molar-refractivity contribution in [1.29, 1.82) is 0 Å². The molecule has 0 heterocycles. The van der Waals surface area contributed by atoms with Crippen molar-refractivity contribution < 1.29 is 29.7 Å². The van der Waals surface area contributed by atoms with E-state index in [4.69, 9.17) is 66.9 Å². The van der Waals surface area contributed by atoms with Crippen molar-refractivity contribution in [2.45, 2.75) is 56.7 Å². The summed E-state index contributed by atoms with van der Waals surface area (Å²) in [6.45, 7) is 1.26. The maximum atomic E-state index is 10.2. The van der Waals surface area contributed by atoms with Gasteiger partial charge < -0.3 is 66.9 Å². The van der Waals surface area contributed by atoms with Crippen molar-refractivity contribution in [3.63, 3.8) is 0 Å². The van der Waals surface area contributed by atoms with Crippen LogP contribution in [-0.2, 0) is 14.4 Å². The minimum Gasteiger partial charge on any atom is -0.480 e. The number of nitrogens with zero attached hydrogens (tertiary/aromatic N) is 3. The van der Waals surface area contributed by atoms with Crippen LogP contribution in [0.2, 0.25) is 0 Å². The minimum atomic E-state index is -1.00. The second-order valence-corrected chi connectivity index (χ2v) is 7.18. The number of hydrogen-bond donors (Lipinski definition) is 12. The smallest absolute Gasteiger partial charge is 0.320 e. The van der Waals surface area contributed by atoms with E-state index in [0.717, 1.165) is 0 Å². The summed E-state index contributed by atoms with van der Waals surface area (Å²) in [5.41, 5.74) is 46.0. The normalized spacial score (nSPS) is 12.1. The quantitative estimate of drug-likeness (QED) is 0.0546. The molecule has 0 spiro atoms. The first kappa shape index (κ1) is 36.7. The molecule has 21 N–H and O–H groups in total. The van der Waals surface area contributed by atoms with Gasteiger partial charge in [0.2, 0.25) is 0 Å². The first-order valence-corrected chi connectivity index (χ1v) is 10.7. The van der Waals surface area contributed by atoms with Crippen LogP contribution < -0.4 is 51.6 Å². The van der Waals surface area contributed by atoms with Gasteiger partial charge in [-0.15, -0.1) is 0 Å². The predicted octanol–water partition coefficient (Wildman–Crippen LogP) is -4.64. The number of aliphatic imine (C=N–C) groups is 3. The van der Waals surface area contributed by atoms with E-state index in [9.17, 15) is 14.4 Å². The van der Waals surface area contributed by atoms with Crippen molar-refractivity contribution in [3.05, 3.63) is 0 Å². The Labute approximate surface area is 209 Å². The molecule has 0 aromatic carbocycles. The molecule has 36 heavy (non-hydrogen) atoms. The fourth-order valence-corrected chi connectivity index (χ4v) is 1.93. The van der Waals surface area contributed by atoms with Gasteiger partial charge in [0.1, 0.15) is 18.1 Å². The Morgan fingerprint density at radius 2 is 0.694 bits per heavy atom. The molecule has 0 radical (unpaired) electrons. The minimum absolute atomic E-state index is 0.0129. The highest BCUT2D eigenvalue weighted by molar-refractivity contribution is 5.76. The molecule has 0 aromatic heterocycles. The first-order valence-electron chi connectivity index (χ1n) is 10.7. The fraction of sp³-hybridized carbons (Fsp3) is 0.667. The third kappa shape index (κ3) is 30.1. The molecule has 0 aliphatic carbocycles. The third-order valence-electron chi connectivity index (χ3n) is 3.85. The maximum absolute atomic E-state index is 10.2. The van der Waals surface area contributed by atoms with Crippen molar-refractivity contribution >= 4 is 35.8 Å². The third-order valence-corrected chi connectivity index (χ3v) is 3.85. The molecule has 0 aliphatic heterocycles. The summed E-state index contributed by atoms with van der Waals surface area (Å²) in [4.78, 5) is 41.7. The van der Waals surface area contributed by atoms with Crippen LogP contribution in [0, 0.1) is 0 Å². The fourth-order valence-electron chi connectivity index (χ4n) is 1.93. The molecule has 0 aliphatic rings. The predicted molar refractivity (Wildman–Crippen MR) is 137 cm³/mol. The van der Waals surface area contributed by atoms with Gasteiger partial charge in [0.05, 0.1) is 0 Å². The Hall–Kier alpha value is -3.90. The molecule has 0 rings (SSSR count). The van der Waals surface area contributed by atoms with Gasteiger partial charge in [-0.3, -0.25) is 29.4 Å². The lowest BCUT2D eigenvalue weighted by Gasteiger charge is -2.03. The molecule has 0 saturated carbocycles. The summed E-state index contributed by atoms with van der Waals surface area (Å²) in [6.07, 6.45) is 2.87. The van der Waals surface area contributed by atoms with Crippen molar-refractivity contribution in [2.75, 3.05) is 19.6 Å². The van der Waals surface area contributed by atoms with Crippen molar-refractivity contribution in [3.8, 4) is 0 Å². The van der Waals surface area contributed by atoms with Crippen LogP contribution in [0.15, 0.2) is 15.0 Å². The lowest BCUT2D eigenvalue weighted by Crippen LogP contribution is -2.30. The summed E-state index contributed by atoms with van der Waals surface area (Å²) < 4.78 is 0. The molecule has 0 fully saturated rings. The van der Waals surface area contributed by atoms with Crippen LogP contribution in [-0.4, -0.2) is 88.9 Å². The lowest BCUT2D eigenvalue weighted by molar-refractivity contribution is -0.139. The number of carboxylic acid groups (broad SMARTS) is 3. The second kappa shape index (κ2) is 22.9. The zero-order chi connectivity index (χ0) is 28.7. The van der Waals surface area contributed by atoms with E-state index < -0.39 is 36.0 Å². The van der Waals surface area contributed by atoms with Gasteiger partial charge >= 0.3 is 17.9 Å². The van der Waals surface area contributed by atoms with Gasteiger partial charge in [-0.1, -0.05) is 0 Å². The summed E-state index contributed by atoms with van der Waals surface area (Å²) in [5.74, 6) is -2.96. The van der Waals surface area contributed by atoms with Gasteiger partial charge in [-0.25, -0.2) is 0 Å². The van der Waals surface area contributed by atoms with E-state index in [2.05, 4.69) is 15.0 Å². The van der Waals surface area contributed by atoms with Crippen LogP contribution in [0.1, 0.15) is 38.5 Å². The molecule has 18 heteroatoms. The van der Waals surface area contributed by atoms with Gasteiger partial charge in [-0.05, 0) is 38.5 Å². The maximum Gasteiger partial charge on any atom is 0.320 e. The zero-order valence-electron chi connectivity index (χ0n) is 20.2. The molecule has 18 nitrogen and oxygen atoms in total. The monoisotopic (exact) mass is 522 g/mol. The highest BCUT2D eigenvalue weighted by Crippen LogP contribution is 1.96. The van der Waals surface area contributed by atoms with Gasteiger partial charge in [0.15, 0.2) is 17.9 Å². The molecular formula is C18H42N12O6. The average Bonchev–Trinajstić information content (AvgIpc) is 2.76. The second-order valence-electron chi connectivity index (χ2n) is 7.18. The Bertz CT molecular complexity index is 624. The van der Waals surface area contributed by atoms with Gasteiger partial charge in [-0.2, -0.15) is 0 Å².